The first-order chi connectivity index (χ1) is 18.5. The Morgan fingerprint density at radius 2 is 1.28 bits per heavy atom. The third-order valence-corrected chi connectivity index (χ3v) is 5.03. The number of amides is 6. The molecular weight excluding hydrogens is 528 g/mol. The molecule has 0 saturated carbocycles. The Kier molecular flexibility index (Phi) is 14.5. The highest BCUT2D eigenvalue weighted by Crippen LogP contribution is 2.14. The van der Waals surface area contributed by atoms with E-state index in [9.17, 15) is 38.4 Å². The third kappa shape index (κ3) is 11.8. The summed E-state index contributed by atoms with van der Waals surface area (Å²) >= 11 is 0. The van der Waals surface area contributed by atoms with Crippen LogP contribution < -0.4 is 10.6 Å². The Morgan fingerprint density at radius 1 is 0.769 bits per heavy atom. The van der Waals surface area contributed by atoms with Gasteiger partial charge in [-0.3, -0.25) is 19.2 Å². The molecule has 0 bridgehead atoms. The van der Waals surface area contributed by atoms with Gasteiger partial charge in [0.05, 0.1) is 27.2 Å². The number of nitrogens with zero attached hydrogens (tertiary/aromatic N) is 2. The van der Waals surface area contributed by atoms with E-state index in [2.05, 4.69) is 29.7 Å². The van der Waals surface area contributed by atoms with Crippen LogP contribution in [0, 0.1) is 0 Å². The van der Waals surface area contributed by atoms with E-state index in [1.54, 1.807) is 0 Å². The van der Waals surface area contributed by atoms with Crippen molar-refractivity contribution < 1.29 is 62.2 Å². The zero-order valence-corrected chi connectivity index (χ0v) is 21.9. The van der Waals surface area contributed by atoms with Gasteiger partial charge in [0.15, 0.2) is 0 Å². The second-order valence-corrected chi connectivity index (χ2v) is 7.88. The monoisotopic (exact) mass is 560 g/mol. The normalized spacial score (nSPS) is 15.3. The summed E-state index contributed by atoms with van der Waals surface area (Å²) in [4.78, 5) is 99.7. The van der Waals surface area contributed by atoms with E-state index in [-0.39, 0.29) is 45.1 Å². The van der Waals surface area contributed by atoms with Crippen molar-refractivity contribution >= 4 is 47.8 Å². The lowest BCUT2D eigenvalue weighted by Crippen LogP contribution is -2.45. The molecule has 0 spiro atoms. The summed E-state index contributed by atoms with van der Waals surface area (Å²) in [6.07, 6.45) is -0.143. The van der Waals surface area contributed by atoms with Gasteiger partial charge >= 0.3 is 24.1 Å². The molecule has 0 aromatic carbocycles. The summed E-state index contributed by atoms with van der Waals surface area (Å²) in [6, 6.07) is -1.10. The topological polar surface area (TPSA) is 213 Å². The molecule has 17 nitrogen and oxygen atoms in total. The number of unbranched alkanes of at least 4 members (excludes halogenated alkanes) is 1. The van der Waals surface area contributed by atoms with Crippen LogP contribution in [0.5, 0.6) is 0 Å². The van der Waals surface area contributed by atoms with Gasteiger partial charge in [-0.05, 0) is 19.3 Å². The van der Waals surface area contributed by atoms with Gasteiger partial charge in [-0.1, -0.05) is 0 Å². The molecule has 218 valence electrons. The van der Waals surface area contributed by atoms with Crippen LogP contribution >= 0.6 is 0 Å². The van der Waals surface area contributed by atoms with Crippen LogP contribution in [0.3, 0.4) is 0 Å². The zero-order chi connectivity index (χ0) is 29.4. The number of rotatable bonds is 12. The molecule has 2 saturated heterocycles. The van der Waals surface area contributed by atoms with Gasteiger partial charge in [0.1, 0.15) is 6.04 Å². The largest absolute Gasteiger partial charge is 0.453 e. The number of imide groups is 2. The van der Waals surface area contributed by atoms with Gasteiger partial charge in [-0.25, -0.2) is 19.2 Å². The summed E-state index contributed by atoms with van der Waals surface area (Å²) in [5.41, 5.74) is 0. The minimum absolute atomic E-state index is 0.0214. The van der Waals surface area contributed by atoms with Crippen LogP contribution in [0.4, 0.5) is 9.59 Å². The SMILES string of the molecule is COC(=O)NCCCCC(NC(=O)OC)C(=O)ON1C(=O)CCC1=O.COCCC(=O)ON1C(=O)CCC1=O. The molecule has 2 fully saturated rings. The lowest BCUT2D eigenvalue weighted by Gasteiger charge is -2.19. The third-order valence-electron chi connectivity index (χ3n) is 5.03. The lowest BCUT2D eigenvalue weighted by atomic mass is 10.1. The van der Waals surface area contributed by atoms with Crippen molar-refractivity contribution in [2.24, 2.45) is 0 Å². The predicted molar refractivity (Wildman–Crippen MR) is 124 cm³/mol. The number of nitrogens with one attached hydrogen (secondary N) is 2. The van der Waals surface area contributed by atoms with Gasteiger partial charge in [0.2, 0.25) is 0 Å². The molecule has 2 heterocycles. The first-order valence-corrected chi connectivity index (χ1v) is 11.8. The predicted octanol–water partition coefficient (Wildman–Crippen LogP) is -0.525. The first kappa shape index (κ1) is 32.7. The van der Waals surface area contributed by atoms with Gasteiger partial charge in [-0.2, -0.15) is 0 Å². The molecule has 0 aliphatic carbocycles. The molecule has 0 aromatic heterocycles. The molecule has 0 aromatic rings. The number of carbonyl (C=O) groups is 8. The first-order valence-electron chi connectivity index (χ1n) is 11.8. The Balaban J connectivity index is 0.000000457. The second kappa shape index (κ2) is 17.3. The van der Waals surface area contributed by atoms with E-state index in [1.165, 1.54) is 14.2 Å². The fourth-order valence-electron chi connectivity index (χ4n) is 2.99. The molecule has 6 amide bonds. The van der Waals surface area contributed by atoms with Crippen molar-refractivity contribution in [3.8, 4) is 0 Å². The maximum Gasteiger partial charge on any atom is 0.407 e. The average molecular weight is 561 g/mol. The Bertz CT molecular complexity index is 907. The van der Waals surface area contributed by atoms with Crippen LogP contribution in [-0.2, 0) is 52.7 Å². The molecule has 2 aliphatic rings. The van der Waals surface area contributed by atoms with Crippen molar-refractivity contribution in [3.05, 3.63) is 0 Å². The summed E-state index contributed by atoms with van der Waals surface area (Å²) in [5.74, 6) is -3.76. The highest BCUT2D eigenvalue weighted by Gasteiger charge is 2.35. The lowest BCUT2D eigenvalue weighted by molar-refractivity contribution is -0.199. The van der Waals surface area contributed by atoms with Crippen molar-refractivity contribution in [1.82, 2.24) is 20.8 Å². The number of carbonyl (C=O) groups excluding carboxylic acids is 8. The molecule has 39 heavy (non-hydrogen) atoms. The van der Waals surface area contributed by atoms with E-state index in [4.69, 9.17) is 4.84 Å². The van der Waals surface area contributed by atoms with E-state index >= 15 is 0 Å². The van der Waals surface area contributed by atoms with Gasteiger partial charge in [-0.15, -0.1) is 10.1 Å². The smallest absolute Gasteiger partial charge is 0.407 e. The number of ether oxygens (including phenoxy) is 3. The Morgan fingerprint density at radius 3 is 1.77 bits per heavy atom. The van der Waals surface area contributed by atoms with Crippen molar-refractivity contribution in [1.29, 1.82) is 0 Å². The van der Waals surface area contributed by atoms with E-state index in [0.717, 1.165) is 7.11 Å². The molecule has 1 atom stereocenters. The second-order valence-electron chi connectivity index (χ2n) is 7.88. The van der Waals surface area contributed by atoms with Gasteiger partial charge < -0.3 is 34.5 Å². The summed E-state index contributed by atoms with van der Waals surface area (Å²) in [7, 11) is 3.81. The van der Waals surface area contributed by atoms with Crippen molar-refractivity contribution in [2.75, 3.05) is 34.5 Å². The fourth-order valence-corrected chi connectivity index (χ4v) is 2.99. The van der Waals surface area contributed by atoms with Gasteiger partial charge in [0.25, 0.3) is 23.6 Å². The highest BCUT2D eigenvalue weighted by atomic mass is 16.7. The minimum Gasteiger partial charge on any atom is -0.453 e. The quantitative estimate of drug-likeness (QED) is 0.227. The standard InChI is InChI=1S/C14H21N3O8.C8H11NO5/c1-23-13(21)15-8-4-3-5-9(16-14(22)24-2)12(20)25-17-10(18)6-7-11(17)19;1-13-5-4-8(12)14-9-6(10)2-3-7(9)11/h9H,3-8H2,1-2H3,(H,15,21)(H,16,22);2-5H2,1H3. The zero-order valence-electron chi connectivity index (χ0n) is 21.9. The number of hydrogen-bond donors (Lipinski definition) is 2. The van der Waals surface area contributed by atoms with Crippen molar-refractivity contribution in [2.45, 2.75) is 57.4 Å². The molecular formula is C22H32N4O13. The summed E-state index contributed by atoms with van der Waals surface area (Å²) < 4.78 is 13.5. The Labute approximate surface area is 223 Å². The summed E-state index contributed by atoms with van der Waals surface area (Å²) in [6.45, 7) is 0.519. The van der Waals surface area contributed by atoms with Crippen molar-refractivity contribution in [3.63, 3.8) is 0 Å². The van der Waals surface area contributed by atoms with Gasteiger partial charge in [0, 0.05) is 39.3 Å². The molecule has 2 N–H and O–H groups in total. The van der Waals surface area contributed by atoms with E-state index in [1.807, 2.05) is 0 Å². The van der Waals surface area contributed by atoms with E-state index < -0.39 is 53.8 Å². The fraction of sp³-hybridized carbons (Fsp3) is 0.636. The van der Waals surface area contributed by atoms with Crippen LogP contribution in [-0.4, -0.2) is 98.4 Å². The number of methoxy groups -OCH3 is 3. The van der Waals surface area contributed by atoms with E-state index in [0.29, 0.717) is 29.5 Å². The molecule has 2 rings (SSSR count). The number of alkyl carbamates (subject to hydrolysis) is 2. The number of hydroxylamine groups is 4. The van der Waals surface area contributed by atoms with Crippen LogP contribution in [0.2, 0.25) is 0 Å². The van der Waals surface area contributed by atoms with Crippen LogP contribution in [0.1, 0.15) is 51.4 Å². The maximum atomic E-state index is 12.1. The average Bonchev–Trinajstić information content (AvgIpc) is 3.41. The minimum atomic E-state index is -1.10. The molecule has 0 radical (unpaired) electrons. The Hall–Kier alpha value is -4.28. The molecule has 17 heteroatoms. The highest BCUT2D eigenvalue weighted by molar-refractivity contribution is 6.02. The molecule has 1 unspecified atom stereocenters. The maximum absolute atomic E-state index is 12.1. The van der Waals surface area contributed by atoms with Crippen LogP contribution in [0.25, 0.3) is 0 Å². The molecule has 2 aliphatic heterocycles. The summed E-state index contributed by atoms with van der Waals surface area (Å²) in [5, 5.41) is 5.69. The number of hydrogen-bond acceptors (Lipinski definition) is 13. The van der Waals surface area contributed by atoms with Crippen LogP contribution in [0.15, 0.2) is 0 Å².